The van der Waals surface area contributed by atoms with Gasteiger partial charge in [0.25, 0.3) is 5.91 Å². The molecule has 3 aliphatic rings. The smallest absolute Gasteiger partial charge is 0.272 e. The van der Waals surface area contributed by atoms with Crippen LogP contribution in [0.5, 0.6) is 0 Å². The molecule has 0 aromatic carbocycles. The number of imidazole rings is 1. The first-order valence-corrected chi connectivity index (χ1v) is 9.29. The summed E-state index contributed by atoms with van der Waals surface area (Å²) in [5.41, 5.74) is 0.343. The quantitative estimate of drug-likeness (QED) is 0.866. The van der Waals surface area contributed by atoms with Gasteiger partial charge in [-0.25, -0.2) is 4.98 Å². The van der Waals surface area contributed by atoms with Crippen LogP contribution in [0.4, 0.5) is 0 Å². The lowest BCUT2D eigenvalue weighted by Crippen LogP contribution is -2.57. The fraction of sp³-hybridized carbons (Fsp3) is 0.722. The molecule has 2 saturated heterocycles. The Morgan fingerprint density at radius 3 is 3.08 bits per heavy atom. The maximum absolute atomic E-state index is 13.2. The molecule has 4 rings (SSSR count). The Balaban J connectivity index is 1.57. The zero-order valence-electron chi connectivity index (χ0n) is 14.8. The van der Waals surface area contributed by atoms with Gasteiger partial charge in [0, 0.05) is 45.5 Å². The van der Waals surface area contributed by atoms with E-state index in [1.165, 1.54) is 6.42 Å². The molecular formula is C18H26N4O3. The van der Waals surface area contributed by atoms with Crippen molar-refractivity contribution in [1.82, 2.24) is 19.8 Å². The summed E-state index contributed by atoms with van der Waals surface area (Å²) < 4.78 is 7.71. The van der Waals surface area contributed by atoms with Gasteiger partial charge in [0.2, 0.25) is 5.91 Å². The molecule has 25 heavy (non-hydrogen) atoms. The number of hydrogen-bond donors (Lipinski definition) is 1. The molecule has 1 aromatic rings. The lowest BCUT2D eigenvalue weighted by molar-refractivity contribution is -0.122. The lowest BCUT2D eigenvalue weighted by atomic mass is 9.83. The topological polar surface area (TPSA) is 76.5 Å². The molecule has 2 fully saturated rings. The Hall–Kier alpha value is -1.89. The molecule has 0 radical (unpaired) electrons. The van der Waals surface area contributed by atoms with Crippen molar-refractivity contribution in [3.63, 3.8) is 0 Å². The van der Waals surface area contributed by atoms with Crippen molar-refractivity contribution in [2.24, 2.45) is 5.92 Å². The minimum absolute atomic E-state index is 0.0276. The molecule has 0 bridgehead atoms. The molecular weight excluding hydrogens is 320 g/mol. The monoisotopic (exact) mass is 346 g/mol. The van der Waals surface area contributed by atoms with Crippen molar-refractivity contribution in [3.05, 3.63) is 17.7 Å². The fourth-order valence-corrected chi connectivity index (χ4v) is 4.59. The number of ether oxygens (including phenoxy) is 1. The highest BCUT2D eigenvalue weighted by Gasteiger charge is 2.50. The van der Waals surface area contributed by atoms with E-state index in [4.69, 9.17) is 4.74 Å². The van der Waals surface area contributed by atoms with Crippen molar-refractivity contribution in [2.45, 2.75) is 51.1 Å². The van der Waals surface area contributed by atoms with E-state index in [1.807, 2.05) is 4.90 Å². The van der Waals surface area contributed by atoms with Crippen molar-refractivity contribution < 1.29 is 14.3 Å². The first-order chi connectivity index (χ1) is 12.1. The first-order valence-electron chi connectivity index (χ1n) is 9.29. The Kier molecular flexibility index (Phi) is 4.27. The number of nitrogens with one attached hydrogen (secondary N) is 1. The summed E-state index contributed by atoms with van der Waals surface area (Å²) in [5, 5.41) is 3.12. The summed E-state index contributed by atoms with van der Waals surface area (Å²) in [7, 11) is 0. The van der Waals surface area contributed by atoms with Crippen LogP contribution in [-0.2, 0) is 22.5 Å². The molecule has 1 aromatic heterocycles. The molecule has 7 heteroatoms. The number of rotatable bonds is 2. The molecule has 2 atom stereocenters. The maximum Gasteiger partial charge on any atom is 0.272 e. The second kappa shape index (κ2) is 6.44. The molecule has 3 aliphatic heterocycles. The van der Waals surface area contributed by atoms with Gasteiger partial charge in [0.1, 0.15) is 11.5 Å². The average molecular weight is 346 g/mol. The molecule has 4 heterocycles. The van der Waals surface area contributed by atoms with Crippen molar-refractivity contribution in [1.29, 1.82) is 0 Å². The second-order valence-corrected chi connectivity index (χ2v) is 7.57. The minimum Gasteiger partial charge on any atom is -0.381 e. The lowest BCUT2D eigenvalue weighted by Gasteiger charge is -2.38. The fourth-order valence-electron chi connectivity index (χ4n) is 4.59. The predicted octanol–water partition coefficient (Wildman–Crippen LogP) is 0.977. The third-order valence-corrected chi connectivity index (χ3v) is 5.86. The number of carbonyl (C=O) groups is 2. The number of aryl methyl sites for hydroxylation is 1. The zero-order valence-corrected chi connectivity index (χ0v) is 14.8. The number of aromatic nitrogens is 2. The summed E-state index contributed by atoms with van der Waals surface area (Å²) in [5.74, 6) is 1.16. The summed E-state index contributed by atoms with van der Waals surface area (Å²) in [6.07, 6.45) is 6.85. The van der Waals surface area contributed by atoms with Crippen LogP contribution in [0, 0.1) is 5.92 Å². The van der Waals surface area contributed by atoms with Gasteiger partial charge in [0.05, 0.1) is 18.3 Å². The van der Waals surface area contributed by atoms with Gasteiger partial charge >= 0.3 is 0 Å². The van der Waals surface area contributed by atoms with E-state index >= 15 is 0 Å². The van der Waals surface area contributed by atoms with Crippen molar-refractivity contribution >= 4 is 11.8 Å². The van der Waals surface area contributed by atoms with Gasteiger partial charge in [-0.15, -0.1) is 0 Å². The van der Waals surface area contributed by atoms with E-state index in [9.17, 15) is 9.59 Å². The summed E-state index contributed by atoms with van der Waals surface area (Å²) >= 11 is 0. The van der Waals surface area contributed by atoms with Crippen LogP contribution in [-0.4, -0.2) is 58.1 Å². The highest BCUT2D eigenvalue weighted by atomic mass is 16.5. The Bertz CT molecular complexity index is 686. The van der Waals surface area contributed by atoms with E-state index < -0.39 is 0 Å². The molecule has 0 unspecified atom stereocenters. The Morgan fingerprint density at radius 1 is 1.36 bits per heavy atom. The van der Waals surface area contributed by atoms with Gasteiger partial charge < -0.3 is 19.5 Å². The average Bonchev–Trinajstić information content (AvgIpc) is 3.07. The van der Waals surface area contributed by atoms with Crippen LogP contribution in [0.2, 0.25) is 0 Å². The van der Waals surface area contributed by atoms with Crippen molar-refractivity contribution in [2.75, 3.05) is 26.3 Å². The minimum atomic E-state index is -0.346. The largest absolute Gasteiger partial charge is 0.381 e. The molecule has 0 saturated carbocycles. The van der Waals surface area contributed by atoms with E-state index in [1.54, 1.807) is 13.1 Å². The summed E-state index contributed by atoms with van der Waals surface area (Å²) in [6.45, 7) is 4.81. The number of amides is 2. The summed E-state index contributed by atoms with van der Waals surface area (Å²) in [6, 6.07) is 0. The normalized spacial score (nSPS) is 28.8. The molecule has 1 N–H and O–H groups in total. The van der Waals surface area contributed by atoms with E-state index in [2.05, 4.69) is 14.9 Å². The van der Waals surface area contributed by atoms with Crippen LogP contribution in [0.15, 0.2) is 6.20 Å². The van der Waals surface area contributed by atoms with Gasteiger partial charge in [-0.2, -0.15) is 0 Å². The third-order valence-electron chi connectivity index (χ3n) is 5.86. The molecule has 0 spiro atoms. The molecule has 7 nitrogen and oxygen atoms in total. The van der Waals surface area contributed by atoms with Crippen LogP contribution < -0.4 is 5.32 Å². The first kappa shape index (κ1) is 16.6. The number of likely N-dealkylation sites (tertiary alicyclic amines) is 1. The maximum atomic E-state index is 13.2. The van der Waals surface area contributed by atoms with E-state index in [0.717, 1.165) is 38.1 Å². The Morgan fingerprint density at radius 2 is 2.24 bits per heavy atom. The van der Waals surface area contributed by atoms with Gasteiger partial charge in [-0.05, 0) is 19.3 Å². The predicted molar refractivity (Wildman–Crippen MR) is 91.2 cm³/mol. The Labute approximate surface area is 147 Å². The SMILES string of the molecule is CC(=O)N[C@@]12CCOC[C@@H]1CN(C(=O)c1cnc3n1CCCCC3)C2. The van der Waals surface area contributed by atoms with Crippen LogP contribution in [0.25, 0.3) is 0 Å². The van der Waals surface area contributed by atoms with Gasteiger partial charge in [0.15, 0.2) is 0 Å². The standard InChI is InChI=1S/C18H26N4O3/c1-13(23)20-18-6-8-25-11-14(18)10-21(12-18)17(24)15-9-19-16-5-3-2-4-7-22(15)16/h9,14H,2-8,10-12H2,1H3,(H,20,23)/t14-,18+/m0/s1. The van der Waals surface area contributed by atoms with Crippen LogP contribution in [0.1, 0.15) is 48.9 Å². The van der Waals surface area contributed by atoms with E-state index in [-0.39, 0.29) is 23.3 Å². The highest BCUT2D eigenvalue weighted by molar-refractivity contribution is 5.93. The molecule has 2 amide bonds. The van der Waals surface area contributed by atoms with Gasteiger partial charge in [-0.3, -0.25) is 9.59 Å². The second-order valence-electron chi connectivity index (χ2n) is 7.57. The number of carbonyl (C=O) groups excluding carboxylic acids is 2. The number of fused-ring (bicyclic) bond motifs is 2. The number of hydrogen-bond acceptors (Lipinski definition) is 4. The van der Waals surface area contributed by atoms with Crippen LogP contribution in [0.3, 0.4) is 0 Å². The van der Waals surface area contributed by atoms with Crippen molar-refractivity contribution in [3.8, 4) is 0 Å². The third kappa shape index (κ3) is 2.94. The molecule has 0 aliphatic carbocycles. The summed E-state index contributed by atoms with van der Waals surface area (Å²) in [4.78, 5) is 31.3. The van der Waals surface area contributed by atoms with Gasteiger partial charge in [-0.1, -0.05) is 6.42 Å². The van der Waals surface area contributed by atoms with Crippen LogP contribution >= 0.6 is 0 Å². The van der Waals surface area contributed by atoms with E-state index in [0.29, 0.717) is 32.0 Å². The number of nitrogens with zero attached hydrogens (tertiary/aromatic N) is 3. The highest BCUT2D eigenvalue weighted by Crippen LogP contribution is 2.35. The molecule has 136 valence electrons. The zero-order chi connectivity index (χ0) is 17.4.